The van der Waals surface area contributed by atoms with E-state index in [4.69, 9.17) is 4.74 Å². The number of Topliss-reactive ketones (excluding diaryl/α,β-unsaturated/α-hetero) is 1. The van der Waals surface area contributed by atoms with Gasteiger partial charge in [0.05, 0.1) is 12.0 Å². The number of fused-ring (bicyclic) bond motifs is 1. The van der Waals surface area contributed by atoms with Gasteiger partial charge in [0.15, 0.2) is 5.78 Å². The van der Waals surface area contributed by atoms with E-state index in [9.17, 15) is 4.79 Å². The van der Waals surface area contributed by atoms with Crippen molar-refractivity contribution in [2.75, 3.05) is 19.0 Å². The summed E-state index contributed by atoms with van der Waals surface area (Å²) in [4.78, 5) is 14.4. The van der Waals surface area contributed by atoms with Gasteiger partial charge in [-0.3, -0.25) is 4.79 Å². The minimum absolute atomic E-state index is 0.154. The van der Waals surface area contributed by atoms with Gasteiger partial charge in [-0.05, 0) is 36.8 Å². The van der Waals surface area contributed by atoms with Crippen molar-refractivity contribution >= 4 is 11.5 Å². The average Bonchev–Trinajstić information content (AvgIpc) is 2.48. The van der Waals surface area contributed by atoms with Crippen LogP contribution in [0.3, 0.4) is 0 Å². The minimum atomic E-state index is -0.191. The number of hydrogen-bond acceptors (Lipinski definition) is 3. The molecule has 1 aliphatic heterocycles. The molecule has 0 aliphatic carbocycles. The first-order chi connectivity index (χ1) is 10.0. The van der Waals surface area contributed by atoms with Gasteiger partial charge in [0.25, 0.3) is 0 Å². The monoisotopic (exact) mass is 281 g/mol. The molecule has 0 fully saturated rings. The number of carbonyl (C=O) groups excluding carboxylic acids is 1. The Kier molecular flexibility index (Phi) is 3.42. The van der Waals surface area contributed by atoms with Crippen LogP contribution >= 0.6 is 0 Å². The van der Waals surface area contributed by atoms with E-state index >= 15 is 0 Å². The lowest BCUT2D eigenvalue weighted by Gasteiger charge is -2.26. The van der Waals surface area contributed by atoms with Crippen LogP contribution in [0.4, 0.5) is 5.69 Å². The van der Waals surface area contributed by atoms with Gasteiger partial charge in [-0.15, -0.1) is 0 Å². The van der Waals surface area contributed by atoms with Crippen LogP contribution in [0.25, 0.3) is 0 Å². The number of anilines is 1. The van der Waals surface area contributed by atoms with Crippen LogP contribution < -0.4 is 9.64 Å². The van der Waals surface area contributed by atoms with Crippen molar-refractivity contribution in [3.05, 3.63) is 59.2 Å². The van der Waals surface area contributed by atoms with Crippen molar-refractivity contribution in [3.8, 4) is 5.75 Å². The largest absolute Gasteiger partial charge is 0.484 e. The fourth-order valence-electron chi connectivity index (χ4n) is 2.61. The predicted molar refractivity (Wildman–Crippen MR) is 84.3 cm³/mol. The van der Waals surface area contributed by atoms with Gasteiger partial charge in [-0.1, -0.05) is 23.8 Å². The number of benzene rings is 2. The number of rotatable bonds is 2. The topological polar surface area (TPSA) is 29.5 Å². The third-order valence-corrected chi connectivity index (χ3v) is 3.86. The van der Waals surface area contributed by atoms with Crippen LogP contribution in [0.15, 0.2) is 42.5 Å². The van der Waals surface area contributed by atoms with Crippen molar-refractivity contribution in [3.63, 3.8) is 0 Å². The van der Waals surface area contributed by atoms with Gasteiger partial charge in [0.2, 0.25) is 0 Å². The molecule has 0 saturated carbocycles. The molecule has 1 heterocycles. The van der Waals surface area contributed by atoms with Crippen molar-refractivity contribution < 1.29 is 9.53 Å². The molecule has 0 radical (unpaired) electrons. The average molecular weight is 281 g/mol. The lowest BCUT2D eigenvalue weighted by atomic mass is 9.95. The summed E-state index contributed by atoms with van der Waals surface area (Å²) in [6.07, 6.45) is 0.210. The van der Waals surface area contributed by atoms with E-state index < -0.39 is 0 Å². The quantitative estimate of drug-likeness (QED) is 0.839. The van der Waals surface area contributed by atoms with Gasteiger partial charge in [-0.25, -0.2) is 0 Å². The van der Waals surface area contributed by atoms with E-state index in [1.165, 1.54) is 0 Å². The first-order valence-electron chi connectivity index (χ1n) is 7.12. The Balaban J connectivity index is 1.88. The highest BCUT2D eigenvalue weighted by atomic mass is 16.5. The summed E-state index contributed by atoms with van der Waals surface area (Å²) in [6, 6.07) is 13.9. The third kappa shape index (κ3) is 2.64. The predicted octanol–water partition coefficient (Wildman–Crippen LogP) is 3.77. The fourth-order valence-corrected chi connectivity index (χ4v) is 2.61. The SMILES string of the molecule is Cc1ccc2c(c1)C(=O)CC(c1ccc(N(C)C)cc1)O2. The van der Waals surface area contributed by atoms with Crippen LogP contribution in [-0.2, 0) is 0 Å². The molecule has 1 atom stereocenters. The van der Waals surface area contributed by atoms with E-state index in [0.717, 1.165) is 16.8 Å². The molecular weight excluding hydrogens is 262 g/mol. The maximum Gasteiger partial charge on any atom is 0.170 e. The lowest BCUT2D eigenvalue weighted by Crippen LogP contribution is -2.20. The van der Waals surface area contributed by atoms with Crippen LogP contribution in [0.5, 0.6) is 5.75 Å². The minimum Gasteiger partial charge on any atom is -0.484 e. The van der Waals surface area contributed by atoms with E-state index in [0.29, 0.717) is 17.7 Å². The molecule has 2 aromatic rings. The van der Waals surface area contributed by atoms with Gasteiger partial charge in [-0.2, -0.15) is 0 Å². The normalized spacial score (nSPS) is 17.1. The number of carbonyl (C=O) groups is 1. The molecule has 3 heteroatoms. The molecule has 108 valence electrons. The van der Waals surface area contributed by atoms with Crippen LogP contribution in [0.2, 0.25) is 0 Å². The molecule has 0 bridgehead atoms. The highest BCUT2D eigenvalue weighted by Gasteiger charge is 2.27. The summed E-state index contributed by atoms with van der Waals surface area (Å²) >= 11 is 0. The van der Waals surface area contributed by atoms with Crippen molar-refractivity contribution in [1.82, 2.24) is 0 Å². The molecule has 0 spiro atoms. The van der Waals surface area contributed by atoms with E-state index in [2.05, 4.69) is 4.90 Å². The van der Waals surface area contributed by atoms with Crippen LogP contribution in [-0.4, -0.2) is 19.9 Å². The summed E-state index contributed by atoms with van der Waals surface area (Å²) in [5, 5.41) is 0. The number of hydrogen-bond donors (Lipinski definition) is 0. The second-order valence-corrected chi connectivity index (χ2v) is 5.72. The first kappa shape index (κ1) is 13.7. The summed E-state index contributed by atoms with van der Waals surface area (Å²) in [5.74, 6) is 0.847. The molecule has 0 saturated heterocycles. The first-order valence-corrected chi connectivity index (χ1v) is 7.12. The Hall–Kier alpha value is -2.29. The Labute approximate surface area is 125 Å². The molecule has 21 heavy (non-hydrogen) atoms. The van der Waals surface area contributed by atoms with Gasteiger partial charge >= 0.3 is 0 Å². The Morgan fingerprint density at radius 2 is 1.81 bits per heavy atom. The summed E-state index contributed by atoms with van der Waals surface area (Å²) in [6.45, 7) is 1.99. The molecule has 0 amide bonds. The number of ketones is 1. The van der Waals surface area contributed by atoms with E-state index in [1.807, 2.05) is 63.5 Å². The molecule has 3 rings (SSSR count). The maximum atomic E-state index is 12.3. The second kappa shape index (κ2) is 5.24. The van der Waals surface area contributed by atoms with E-state index in [-0.39, 0.29) is 11.9 Å². The third-order valence-electron chi connectivity index (χ3n) is 3.86. The van der Waals surface area contributed by atoms with Crippen LogP contribution in [0.1, 0.15) is 34.0 Å². The maximum absolute atomic E-state index is 12.3. The Morgan fingerprint density at radius 1 is 1.10 bits per heavy atom. The van der Waals surface area contributed by atoms with Crippen molar-refractivity contribution in [2.45, 2.75) is 19.4 Å². The zero-order valence-electron chi connectivity index (χ0n) is 12.6. The lowest BCUT2D eigenvalue weighted by molar-refractivity contribution is 0.0850. The van der Waals surface area contributed by atoms with E-state index in [1.54, 1.807) is 0 Å². The van der Waals surface area contributed by atoms with Crippen LogP contribution in [0, 0.1) is 6.92 Å². The zero-order valence-corrected chi connectivity index (χ0v) is 12.6. The number of nitrogens with zero attached hydrogens (tertiary/aromatic N) is 1. The second-order valence-electron chi connectivity index (χ2n) is 5.72. The molecule has 2 aromatic carbocycles. The van der Waals surface area contributed by atoms with Crippen molar-refractivity contribution in [2.24, 2.45) is 0 Å². The molecular formula is C18H19NO2. The van der Waals surface area contributed by atoms with Gasteiger partial charge < -0.3 is 9.64 Å². The standard InChI is InChI=1S/C18H19NO2/c1-12-4-9-17-15(10-12)16(20)11-18(21-17)13-5-7-14(8-6-13)19(2)3/h4-10,18H,11H2,1-3H3. The molecule has 1 unspecified atom stereocenters. The smallest absolute Gasteiger partial charge is 0.170 e. The van der Waals surface area contributed by atoms with Gasteiger partial charge in [0.1, 0.15) is 11.9 Å². The molecule has 1 aliphatic rings. The summed E-state index contributed by atoms with van der Waals surface area (Å²) in [5.41, 5.74) is 3.97. The van der Waals surface area contributed by atoms with Crippen molar-refractivity contribution in [1.29, 1.82) is 0 Å². The summed E-state index contributed by atoms with van der Waals surface area (Å²) < 4.78 is 6.01. The van der Waals surface area contributed by atoms with Gasteiger partial charge in [0, 0.05) is 19.8 Å². The highest BCUT2D eigenvalue weighted by Crippen LogP contribution is 2.35. The Bertz CT molecular complexity index is 674. The number of aryl methyl sites for hydroxylation is 1. The number of ether oxygens (including phenoxy) is 1. The molecule has 3 nitrogen and oxygen atoms in total. The zero-order chi connectivity index (χ0) is 15.0. The molecule has 0 N–H and O–H groups in total. The Morgan fingerprint density at radius 3 is 2.48 bits per heavy atom. The summed E-state index contributed by atoms with van der Waals surface area (Å²) in [7, 11) is 4.02. The molecule has 0 aromatic heterocycles. The fraction of sp³-hybridized carbons (Fsp3) is 0.278. The highest BCUT2D eigenvalue weighted by molar-refractivity contribution is 6.00.